The van der Waals surface area contributed by atoms with E-state index in [-0.39, 0.29) is 17.2 Å². The number of hydrogen-bond donors (Lipinski definition) is 1. The first-order valence-corrected chi connectivity index (χ1v) is 9.02. The Morgan fingerprint density at radius 2 is 1.66 bits per heavy atom. The quantitative estimate of drug-likeness (QED) is 0.671. The van der Waals surface area contributed by atoms with E-state index in [2.05, 4.69) is 10.5 Å². The summed E-state index contributed by atoms with van der Waals surface area (Å²) in [6.07, 6.45) is -4.88. The third-order valence-corrected chi connectivity index (χ3v) is 4.78. The molecule has 1 amide bonds. The number of carbonyl (C=O) groups is 1. The number of hydrogen-bond acceptors (Lipinski definition) is 3. The number of rotatable bonds is 4. The van der Waals surface area contributed by atoms with Crippen molar-refractivity contribution in [3.8, 4) is 0 Å². The third kappa shape index (κ3) is 4.42. The second-order valence-electron chi connectivity index (χ2n) is 7.21. The van der Waals surface area contributed by atoms with Gasteiger partial charge in [0.05, 0.1) is 5.39 Å². The van der Waals surface area contributed by atoms with Gasteiger partial charge in [-0.3, -0.25) is 9.59 Å². The SMILES string of the molecule is CC(C)(CC(=O)Nn1nc(C(F)(F)F)c2ccccc2c1=O)c1ccc(Cl)cc1. The highest BCUT2D eigenvalue weighted by molar-refractivity contribution is 6.30. The minimum atomic E-state index is -4.79. The van der Waals surface area contributed by atoms with E-state index in [9.17, 15) is 22.8 Å². The van der Waals surface area contributed by atoms with Gasteiger partial charge in [0.25, 0.3) is 5.56 Å². The zero-order chi connectivity index (χ0) is 21.4. The fourth-order valence-electron chi connectivity index (χ4n) is 3.04. The normalized spacial score (nSPS) is 12.2. The molecule has 1 N–H and O–H groups in total. The van der Waals surface area contributed by atoms with Gasteiger partial charge >= 0.3 is 6.18 Å². The smallest absolute Gasteiger partial charge is 0.273 e. The molecule has 0 unspecified atom stereocenters. The van der Waals surface area contributed by atoms with Crippen LogP contribution in [0.15, 0.2) is 53.3 Å². The lowest BCUT2D eigenvalue weighted by molar-refractivity contribution is -0.141. The fourth-order valence-corrected chi connectivity index (χ4v) is 3.16. The molecule has 3 rings (SSSR count). The average molecular weight is 424 g/mol. The molecule has 5 nitrogen and oxygen atoms in total. The van der Waals surface area contributed by atoms with Gasteiger partial charge in [-0.05, 0) is 29.2 Å². The van der Waals surface area contributed by atoms with Crippen molar-refractivity contribution >= 4 is 28.3 Å². The van der Waals surface area contributed by atoms with Crippen molar-refractivity contribution in [2.24, 2.45) is 0 Å². The standard InChI is InChI=1S/C20H17ClF3N3O2/c1-19(2,12-7-9-13(21)10-8-12)11-16(28)25-27-18(29)15-6-4-3-5-14(15)17(26-27)20(22,23)24/h3-10H,11H2,1-2H3,(H,25,28). The molecular formula is C20H17ClF3N3O2. The second-order valence-corrected chi connectivity index (χ2v) is 7.65. The van der Waals surface area contributed by atoms with Gasteiger partial charge in [0, 0.05) is 16.8 Å². The highest BCUT2D eigenvalue weighted by Crippen LogP contribution is 2.32. The number of alkyl halides is 3. The Hall–Kier alpha value is -2.87. The van der Waals surface area contributed by atoms with E-state index in [0.29, 0.717) is 9.81 Å². The van der Waals surface area contributed by atoms with E-state index in [1.165, 1.54) is 24.3 Å². The van der Waals surface area contributed by atoms with Gasteiger partial charge in [-0.2, -0.15) is 13.2 Å². The van der Waals surface area contributed by atoms with Crippen LogP contribution in [0.2, 0.25) is 5.02 Å². The van der Waals surface area contributed by atoms with Crippen LogP contribution in [0, 0.1) is 0 Å². The van der Waals surface area contributed by atoms with Crippen molar-refractivity contribution in [1.82, 2.24) is 9.89 Å². The Morgan fingerprint density at radius 1 is 1.07 bits per heavy atom. The molecule has 0 spiro atoms. The van der Waals surface area contributed by atoms with Gasteiger partial charge in [0.1, 0.15) is 0 Å². The Kier molecular flexibility index (Phi) is 5.40. The molecule has 3 aromatic rings. The van der Waals surface area contributed by atoms with Crippen LogP contribution in [-0.2, 0) is 16.4 Å². The summed E-state index contributed by atoms with van der Waals surface area (Å²) in [6, 6.07) is 12.1. The Balaban J connectivity index is 1.93. The second kappa shape index (κ2) is 7.51. The maximum absolute atomic E-state index is 13.4. The Bertz CT molecular complexity index is 1120. The molecule has 0 saturated carbocycles. The van der Waals surface area contributed by atoms with Crippen molar-refractivity contribution in [2.75, 3.05) is 5.43 Å². The van der Waals surface area contributed by atoms with Crippen LogP contribution in [0.25, 0.3) is 10.8 Å². The van der Waals surface area contributed by atoms with Gasteiger partial charge < -0.3 is 0 Å². The van der Waals surface area contributed by atoms with Crippen molar-refractivity contribution < 1.29 is 18.0 Å². The fraction of sp³-hybridized carbons (Fsp3) is 0.250. The van der Waals surface area contributed by atoms with Crippen LogP contribution in [0.3, 0.4) is 0 Å². The zero-order valence-electron chi connectivity index (χ0n) is 15.5. The van der Waals surface area contributed by atoms with Crippen molar-refractivity contribution in [3.05, 3.63) is 75.2 Å². The topological polar surface area (TPSA) is 64.0 Å². The molecule has 0 bridgehead atoms. The minimum Gasteiger partial charge on any atom is -0.273 e. The van der Waals surface area contributed by atoms with E-state index in [4.69, 9.17) is 11.6 Å². The van der Waals surface area contributed by atoms with E-state index in [1.54, 1.807) is 38.1 Å². The van der Waals surface area contributed by atoms with E-state index < -0.39 is 28.8 Å². The number of halogens is 4. The molecule has 0 atom stereocenters. The Labute approximate surface area is 169 Å². The van der Waals surface area contributed by atoms with Crippen molar-refractivity contribution in [2.45, 2.75) is 31.9 Å². The predicted octanol–water partition coefficient (Wildman–Crippen LogP) is 4.51. The first-order chi connectivity index (χ1) is 13.5. The maximum atomic E-state index is 13.4. The van der Waals surface area contributed by atoms with Crippen LogP contribution >= 0.6 is 11.6 Å². The monoisotopic (exact) mass is 423 g/mol. The molecule has 29 heavy (non-hydrogen) atoms. The van der Waals surface area contributed by atoms with Crippen LogP contribution in [0.4, 0.5) is 13.2 Å². The van der Waals surface area contributed by atoms with Gasteiger partial charge in [0.2, 0.25) is 5.91 Å². The van der Waals surface area contributed by atoms with E-state index in [1.807, 2.05) is 0 Å². The minimum absolute atomic E-state index is 0.0864. The lowest BCUT2D eigenvalue weighted by Gasteiger charge is -2.25. The summed E-state index contributed by atoms with van der Waals surface area (Å²) in [5.74, 6) is -0.650. The number of nitrogens with one attached hydrogen (secondary N) is 1. The number of carbonyl (C=O) groups excluding carboxylic acids is 1. The third-order valence-electron chi connectivity index (χ3n) is 4.53. The first-order valence-electron chi connectivity index (χ1n) is 8.64. The molecule has 0 aliphatic heterocycles. The number of aromatic nitrogens is 2. The highest BCUT2D eigenvalue weighted by atomic mass is 35.5. The maximum Gasteiger partial charge on any atom is 0.435 e. The lowest BCUT2D eigenvalue weighted by atomic mass is 9.81. The average Bonchev–Trinajstić information content (AvgIpc) is 2.63. The van der Waals surface area contributed by atoms with Gasteiger partial charge in [-0.25, -0.2) is 5.43 Å². The van der Waals surface area contributed by atoms with Crippen LogP contribution < -0.4 is 11.0 Å². The largest absolute Gasteiger partial charge is 0.435 e. The number of amides is 1. The molecule has 0 radical (unpaired) electrons. The summed E-state index contributed by atoms with van der Waals surface area (Å²) in [6.45, 7) is 3.60. The van der Waals surface area contributed by atoms with Gasteiger partial charge in [0.15, 0.2) is 5.69 Å². The van der Waals surface area contributed by atoms with E-state index in [0.717, 1.165) is 5.56 Å². The molecule has 0 saturated heterocycles. The molecule has 0 aliphatic carbocycles. The Morgan fingerprint density at radius 3 is 2.24 bits per heavy atom. The molecule has 0 aliphatic rings. The molecule has 0 fully saturated rings. The molecular weight excluding hydrogens is 407 g/mol. The van der Waals surface area contributed by atoms with Crippen molar-refractivity contribution in [1.29, 1.82) is 0 Å². The van der Waals surface area contributed by atoms with Crippen LogP contribution in [0.1, 0.15) is 31.5 Å². The highest BCUT2D eigenvalue weighted by Gasteiger charge is 2.36. The van der Waals surface area contributed by atoms with E-state index >= 15 is 0 Å². The zero-order valence-corrected chi connectivity index (χ0v) is 16.3. The lowest BCUT2D eigenvalue weighted by Crippen LogP contribution is -2.39. The summed E-state index contributed by atoms with van der Waals surface area (Å²) >= 11 is 5.87. The summed E-state index contributed by atoms with van der Waals surface area (Å²) in [5.41, 5.74) is 0.254. The molecule has 1 aromatic heterocycles. The summed E-state index contributed by atoms with van der Waals surface area (Å²) in [4.78, 5) is 25.4. The molecule has 152 valence electrons. The first kappa shape index (κ1) is 20.9. The van der Waals surface area contributed by atoms with Gasteiger partial charge in [-0.1, -0.05) is 55.8 Å². The van der Waals surface area contributed by atoms with Crippen molar-refractivity contribution in [3.63, 3.8) is 0 Å². The van der Waals surface area contributed by atoms with Gasteiger partial charge in [-0.15, -0.1) is 9.89 Å². The summed E-state index contributed by atoms with van der Waals surface area (Å²) in [7, 11) is 0. The summed E-state index contributed by atoms with van der Waals surface area (Å²) in [5, 5.41) is 3.39. The molecule has 2 aromatic carbocycles. The van der Waals surface area contributed by atoms with Crippen LogP contribution in [0.5, 0.6) is 0 Å². The molecule has 1 heterocycles. The summed E-state index contributed by atoms with van der Waals surface area (Å²) < 4.78 is 40.2. The number of benzene rings is 2. The number of fused-ring (bicyclic) bond motifs is 1. The predicted molar refractivity (Wildman–Crippen MR) is 104 cm³/mol. The molecule has 9 heteroatoms. The number of nitrogens with zero attached hydrogens (tertiary/aromatic N) is 2. The van der Waals surface area contributed by atoms with Crippen LogP contribution in [-0.4, -0.2) is 15.8 Å².